The minimum Gasteiger partial charge on any atom is -0.384 e. The molecule has 7 heteroatoms. The van der Waals surface area contributed by atoms with Gasteiger partial charge in [-0.05, 0) is 38.1 Å². The molecule has 1 aromatic carbocycles. The van der Waals surface area contributed by atoms with Gasteiger partial charge in [0.1, 0.15) is 0 Å². The minimum atomic E-state index is -0.546. The SMILES string of the molecule is COCC1(C(=O)Nc2cc(Cl)c(Cl)cc2Cl)CCNCC1. The third-order valence-corrected chi connectivity index (χ3v) is 4.76. The van der Waals surface area contributed by atoms with Crippen LogP contribution in [0.15, 0.2) is 12.1 Å². The average molecular weight is 352 g/mol. The number of hydrogen-bond donors (Lipinski definition) is 2. The summed E-state index contributed by atoms with van der Waals surface area (Å²) in [4.78, 5) is 12.7. The molecule has 0 unspecified atom stereocenters. The molecule has 2 rings (SSSR count). The van der Waals surface area contributed by atoms with Crippen molar-refractivity contribution in [1.82, 2.24) is 5.32 Å². The van der Waals surface area contributed by atoms with E-state index in [0.717, 1.165) is 13.1 Å². The maximum Gasteiger partial charge on any atom is 0.233 e. The third-order valence-electron chi connectivity index (χ3n) is 3.72. The number of anilines is 1. The number of benzene rings is 1. The second kappa shape index (κ2) is 7.16. The summed E-state index contributed by atoms with van der Waals surface area (Å²) < 4.78 is 5.25. The van der Waals surface area contributed by atoms with Gasteiger partial charge in [-0.15, -0.1) is 0 Å². The highest BCUT2D eigenvalue weighted by Crippen LogP contribution is 2.35. The molecule has 0 atom stereocenters. The number of carbonyl (C=O) groups is 1. The Labute approximate surface area is 139 Å². The van der Waals surface area contributed by atoms with Crippen molar-refractivity contribution in [3.8, 4) is 0 Å². The molecule has 0 spiro atoms. The molecule has 0 radical (unpaired) electrons. The number of amides is 1. The van der Waals surface area contributed by atoms with Crippen LogP contribution < -0.4 is 10.6 Å². The molecule has 21 heavy (non-hydrogen) atoms. The Bertz CT molecular complexity index is 526. The highest BCUT2D eigenvalue weighted by atomic mass is 35.5. The van der Waals surface area contributed by atoms with Crippen LogP contribution in [0.2, 0.25) is 15.1 Å². The lowest BCUT2D eigenvalue weighted by Crippen LogP contribution is -2.47. The van der Waals surface area contributed by atoms with E-state index in [2.05, 4.69) is 10.6 Å². The largest absolute Gasteiger partial charge is 0.384 e. The van der Waals surface area contributed by atoms with Crippen molar-refractivity contribution < 1.29 is 9.53 Å². The lowest BCUT2D eigenvalue weighted by molar-refractivity contribution is -0.130. The van der Waals surface area contributed by atoms with Crippen molar-refractivity contribution in [3.05, 3.63) is 27.2 Å². The van der Waals surface area contributed by atoms with Crippen LogP contribution in [0.5, 0.6) is 0 Å². The smallest absolute Gasteiger partial charge is 0.233 e. The summed E-state index contributed by atoms with van der Waals surface area (Å²) in [6.07, 6.45) is 1.43. The van der Waals surface area contributed by atoms with Gasteiger partial charge in [-0.1, -0.05) is 34.8 Å². The summed E-state index contributed by atoms with van der Waals surface area (Å²) >= 11 is 18.0. The molecule has 1 fully saturated rings. The Kier molecular flexibility index (Phi) is 5.74. The Morgan fingerprint density at radius 3 is 2.48 bits per heavy atom. The van der Waals surface area contributed by atoms with Crippen LogP contribution in [-0.4, -0.2) is 32.7 Å². The highest BCUT2D eigenvalue weighted by molar-refractivity contribution is 6.44. The highest BCUT2D eigenvalue weighted by Gasteiger charge is 2.39. The molecule has 0 aromatic heterocycles. The van der Waals surface area contributed by atoms with E-state index in [0.29, 0.717) is 40.2 Å². The number of hydrogen-bond acceptors (Lipinski definition) is 3. The summed E-state index contributed by atoms with van der Waals surface area (Å²) in [6.45, 7) is 1.94. The molecule has 2 N–H and O–H groups in total. The van der Waals surface area contributed by atoms with Gasteiger partial charge in [-0.2, -0.15) is 0 Å². The average Bonchev–Trinajstić information content (AvgIpc) is 2.46. The van der Waals surface area contributed by atoms with Gasteiger partial charge >= 0.3 is 0 Å². The number of halogens is 3. The number of ether oxygens (including phenoxy) is 1. The molecule has 1 saturated heterocycles. The Morgan fingerprint density at radius 2 is 1.86 bits per heavy atom. The maximum absolute atomic E-state index is 12.7. The standard InChI is InChI=1S/C14H17Cl3N2O2/c1-21-8-14(2-4-18-5-3-14)13(20)19-12-7-10(16)9(15)6-11(12)17/h6-7,18H,2-5,8H2,1H3,(H,19,20). The van der Waals surface area contributed by atoms with Gasteiger partial charge in [-0.3, -0.25) is 4.79 Å². The third kappa shape index (κ3) is 3.82. The predicted octanol–water partition coefficient (Wildman–Crippen LogP) is 3.60. The van der Waals surface area contributed by atoms with E-state index >= 15 is 0 Å². The topological polar surface area (TPSA) is 50.4 Å². The lowest BCUT2D eigenvalue weighted by atomic mass is 9.78. The van der Waals surface area contributed by atoms with Gasteiger partial charge in [0.25, 0.3) is 0 Å². The molecule has 4 nitrogen and oxygen atoms in total. The Morgan fingerprint density at radius 1 is 1.24 bits per heavy atom. The summed E-state index contributed by atoms with van der Waals surface area (Å²) in [7, 11) is 1.60. The zero-order valence-corrected chi connectivity index (χ0v) is 13.9. The molecule has 0 bridgehead atoms. The lowest BCUT2D eigenvalue weighted by Gasteiger charge is -2.35. The second-order valence-corrected chi connectivity index (χ2v) is 6.39. The monoisotopic (exact) mass is 350 g/mol. The van der Waals surface area contributed by atoms with Crippen molar-refractivity contribution >= 4 is 46.4 Å². The number of carbonyl (C=O) groups excluding carboxylic acids is 1. The first-order chi connectivity index (χ1) is 9.98. The predicted molar refractivity (Wildman–Crippen MR) is 86.5 cm³/mol. The Hall–Kier alpha value is -0.520. The first-order valence-corrected chi connectivity index (χ1v) is 7.77. The fourth-order valence-electron chi connectivity index (χ4n) is 2.49. The molecule has 116 valence electrons. The van der Waals surface area contributed by atoms with Gasteiger partial charge in [0.2, 0.25) is 5.91 Å². The molecule has 1 amide bonds. The van der Waals surface area contributed by atoms with E-state index in [4.69, 9.17) is 39.5 Å². The molecular weight excluding hydrogens is 335 g/mol. The van der Waals surface area contributed by atoms with Gasteiger partial charge in [0.15, 0.2) is 0 Å². The first kappa shape index (κ1) is 16.8. The number of methoxy groups -OCH3 is 1. The zero-order valence-electron chi connectivity index (χ0n) is 11.6. The minimum absolute atomic E-state index is 0.105. The van der Waals surface area contributed by atoms with Gasteiger partial charge < -0.3 is 15.4 Å². The van der Waals surface area contributed by atoms with E-state index in [-0.39, 0.29) is 5.91 Å². The number of piperidine rings is 1. The fourth-order valence-corrected chi connectivity index (χ4v) is 3.09. The van der Waals surface area contributed by atoms with Crippen LogP contribution in [-0.2, 0) is 9.53 Å². The van der Waals surface area contributed by atoms with Gasteiger partial charge in [-0.25, -0.2) is 0 Å². The van der Waals surface area contributed by atoms with Gasteiger partial charge in [0.05, 0.1) is 32.8 Å². The van der Waals surface area contributed by atoms with Crippen molar-refractivity contribution in [3.63, 3.8) is 0 Å². The second-order valence-electron chi connectivity index (χ2n) is 5.16. The summed E-state index contributed by atoms with van der Waals surface area (Å²) in [6, 6.07) is 3.08. The molecular formula is C14H17Cl3N2O2. The quantitative estimate of drug-likeness (QED) is 0.815. The van der Waals surface area contributed by atoms with Crippen LogP contribution in [0.1, 0.15) is 12.8 Å². The molecule has 1 aliphatic rings. The molecule has 1 aromatic rings. The van der Waals surface area contributed by atoms with Crippen molar-refractivity contribution in [2.24, 2.45) is 5.41 Å². The van der Waals surface area contributed by atoms with E-state index in [1.165, 1.54) is 6.07 Å². The summed E-state index contributed by atoms with van der Waals surface area (Å²) in [5, 5.41) is 7.16. The zero-order chi connectivity index (χ0) is 15.5. The molecule has 1 aliphatic heterocycles. The number of rotatable bonds is 4. The van der Waals surface area contributed by atoms with Crippen LogP contribution >= 0.6 is 34.8 Å². The first-order valence-electron chi connectivity index (χ1n) is 6.64. The fraction of sp³-hybridized carbons (Fsp3) is 0.500. The van der Waals surface area contributed by atoms with E-state index in [9.17, 15) is 4.79 Å². The van der Waals surface area contributed by atoms with Crippen LogP contribution in [0.4, 0.5) is 5.69 Å². The maximum atomic E-state index is 12.7. The number of nitrogens with one attached hydrogen (secondary N) is 2. The van der Waals surface area contributed by atoms with Gasteiger partial charge in [0, 0.05) is 7.11 Å². The normalized spacial score (nSPS) is 17.5. The van der Waals surface area contributed by atoms with Crippen molar-refractivity contribution in [2.75, 3.05) is 32.1 Å². The Balaban J connectivity index is 2.21. The van der Waals surface area contributed by atoms with E-state index in [1.807, 2.05) is 0 Å². The van der Waals surface area contributed by atoms with Crippen LogP contribution in [0.3, 0.4) is 0 Å². The van der Waals surface area contributed by atoms with Crippen LogP contribution in [0, 0.1) is 5.41 Å². The van der Waals surface area contributed by atoms with E-state index < -0.39 is 5.41 Å². The van der Waals surface area contributed by atoms with E-state index in [1.54, 1.807) is 13.2 Å². The summed E-state index contributed by atoms with van der Waals surface area (Å²) in [5.74, 6) is -0.105. The molecule has 0 saturated carbocycles. The van der Waals surface area contributed by atoms with Crippen LogP contribution in [0.25, 0.3) is 0 Å². The molecule has 0 aliphatic carbocycles. The molecule has 1 heterocycles. The summed E-state index contributed by atoms with van der Waals surface area (Å²) in [5.41, 5.74) is -0.0832. The van der Waals surface area contributed by atoms with Crippen molar-refractivity contribution in [1.29, 1.82) is 0 Å². The van der Waals surface area contributed by atoms with Crippen molar-refractivity contribution in [2.45, 2.75) is 12.8 Å².